The molecule has 7 nitrogen and oxygen atoms in total. The third-order valence-electron chi connectivity index (χ3n) is 0.129. The second-order valence-electron chi connectivity index (χ2n) is 0.512. The zero-order chi connectivity index (χ0) is 3.41. The topological polar surface area (TPSA) is 204 Å². The highest BCUT2D eigenvalue weighted by Gasteiger charge is 1.56. The highest BCUT2D eigenvalue weighted by molar-refractivity contribution is 4.17. The molecule has 0 aromatic carbocycles. The van der Waals surface area contributed by atoms with Crippen LogP contribution in [0.3, 0.4) is 0 Å². The Morgan fingerprint density at radius 2 is 1.00 bits per heavy atom. The average Bonchev–Trinajstić information content (AvgIpc) is 1.37. The van der Waals surface area contributed by atoms with Gasteiger partial charge in [0.15, 0.2) is 0 Å². The van der Waals surface area contributed by atoms with Gasteiger partial charge in [0.1, 0.15) is 0 Å². The van der Waals surface area contributed by atoms with E-state index < -0.39 is 0 Å². The van der Waals surface area contributed by atoms with Crippen molar-refractivity contribution in [1.82, 2.24) is 0 Å². The minimum atomic E-state index is 0. The first-order valence-corrected chi connectivity index (χ1v) is 1.22. The lowest BCUT2D eigenvalue weighted by Crippen LogP contribution is -2.02. The van der Waals surface area contributed by atoms with E-state index in [2.05, 4.69) is 0 Å². The van der Waals surface area contributed by atoms with Crippen LogP contribution in [0.2, 0.25) is 0 Å². The smallest absolute Gasteiger partial charge is 0.0553 e. The zero-order valence-electron chi connectivity index (χ0n) is 4.94. The summed E-state index contributed by atoms with van der Waals surface area (Å²) in [6, 6.07) is 0. The van der Waals surface area contributed by atoms with Crippen LogP contribution in [-0.4, -0.2) is 45.6 Å². The number of rotatable bonds is 1. The fourth-order valence-electron chi connectivity index (χ4n) is 0. The van der Waals surface area contributed by atoms with E-state index in [-0.39, 0.29) is 34.0 Å². The fraction of sp³-hybridized carbons (Fsp3) is 1.00. The van der Waals surface area contributed by atoms with Crippen LogP contribution in [-0.2, 0) is 0 Å². The van der Waals surface area contributed by atoms with Crippen LogP contribution in [0.15, 0.2) is 0 Å². The normalized spacial score (nSPS) is 3.33. The van der Waals surface area contributed by atoms with Crippen LogP contribution in [0.1, 0.15) is 0 Å². The van der Waals surface area contributed by atoms with Gasteiger partial charge in [-0.2, -0.15) is 0 Å². The van der Waals surface area contributed by atoms with Gasteiger partial charge in [0.2, 0.25) is 0 Å². The maximum absolute atomic E-state index is 7.75. The summed E-state index contributed by atoms with van der Waals surface area (Å²) in [6.07, 6.45) is 0. The third-order valence-corrected chi connectivity index (χ3v) is 0.129. The number of hydrogen-bond donors (Lipinski definition) is 2. The summed E-state index contributed by atoms with van der Waals surface area (Å²) in [5.74, 6) is 0. The molecule has 0 aromatic rings. The standard InChI is InChI=1S/C2H7NO.5H2O/c3-1-2-4;;;;;/h4H,1-3H2;5*1H2. The zero-order valence-corrected chi connectivity index (χ0v) is 4.94. The fourth-order valence-corrected chi connectivity index (χ4v) is 0. The molecule has 0 bridgehead atoms. The molecule has 0 atom stereocenters. The van der Waals surface area contributed by atoms with Gasteiger partial charge in [-0.25, -0.2) is 0 Å². The molecule has 0 saturated carbocycles. The minimum Gasteiger partial charge on any atom is -0.412 e. The van der Waals surface area contributed by atoms with Crippen molar-refractivity contribution < 1.29 is 32.5 Å². The number of aliphatic hydroxyl groups excluding tert-OH is 1. The van der Waals surface area contributed by atoms with Crippen molar-refractivity contribution in [3.8, 4) is 0 Å². The molecule has 0 amide bonds. The lowest BCUT2D eigenvalue weighted by atomic mass is 10.8. The van der Waals surface area contributed by atoms with Crippen molar-refractivity contribution >= 4 is 0 Å². The SMILES string of the molecule is NCCO.O.O.O.O.O. The largest absolute Gasteiger partial charge is 0.412 e. The lowest BCUT2D eigenvalue weighted by molar-refractivity contribution is 0.306. The Bertz CT molecular complexity index is 13.0. The molecule has 0 saturated heterocycles. The summed E-state index contributed by atoms with van der Waals surface area (Å²) < 4.78 is 0. The molecule has 9 heavy (non-hydrogen) atoms. The van der Waals surface area contributed by atoms with E-state index in [9.17, 15) is 0 Å². The van der Waals surface area contributed by atoms with E-state index in [1.807, 2.05) is 0 Å². The van der Waals surface area contributed by atoms with E-state index in [4.69, 9.17) is 10.8 Å². The number of aliphatic hydroxyl groups is 1. The Morgan fingerprint density at radius 3 is 1.00 bits per heavy atom. The molecule has 0 unspecified atom stereocenters. The molecule has 66 valence electrons. The Morgan fingerprint density at radius 1 is 0.889 bits per heavy atom. The summed E-state index contributed by atoms with van der Waals surface area (Å²) in [4.78, 5) is 0. The second kappa shape index (κ2) is 118. The van der Waals surface area contributed by atoms with Crippen molar-refractivity contribution in [2.45, 2.75) is 0 Å². The molecule has 0 rings (SSSR count). The van der Waals surface area contributed by atoms with E-state index in [1.54, 1.807) is 0 Å². The number of nitrogens with two attached hydrogens (primary N) is 1. The summed E-state index contributed by atoms with van der Waals surface area (Å²) in [5, 5.41) is 7.75. The average molecular weight is 151 g/mol. The lowest BCUT2D eigenvalue weighted by Gasteiger charge is -1.71. The van der Waals surface area contributed by atoms with Gasteiger partial charge in [-0.1, -0.05) is 0 Å². The van der Waals surface area contributed by atoms with E-state index in [1.165, 1.54) is 0 Å². The minimum absolute atomic E-state index is 0. The molecule has 0 aliphatic heterocycles. The molecule has 0 aliphatic rings. The maximum atomic E-state index is 7.75. The van der Waals surface area contributed by atoms with Gasteiger partial charge < -0.3 is 38.2 Å². The summed E-state index contributed by atoms with van der Waals surface area (Å²) in [5.41, 5.74) is 4.78. The van der Waals surface area contributed by atoms with Crippen LogP contribution in [0.5, 0.6) is 0 Å². The van der Waals surface area contributed by atoms with E-state index in [0.29, 0.717) is 6.54 Å². The first kappa shape index (κ1) is 70.2. The molecule has 7 heteroatoms. The van der Waals surface area contributed by atoms with Gasteiger partial charge >= 0.3 is 0 Å². The van der Waals surface area contributed by atoms with Gasteiger partial charge in [0.25, 0.3) is 0 Å². The molecular weight excluding hydrogens is 134 g/mol. The molecular formula is C2H17NO6. The first-order valence-electron chi connectivity index (χ1n) is 1.22. The Balaban J connectivity index is -0.00000000450. The van der Waals surface area contributed by atoms with Crippen molar-refractivity contribution in [3.05, 3.63) is 0 Å². The highest BCUT2D eigenvalue weighted by Crippen LogP contribution is 1.33. The summed E-state index contributed by atoms with van der Waals surface area (Å²) in [6.45, 7) is 0.472. The predicted octanol–water partition coefficient (Wildman–Crippen LogP) is -5.19. The second-order valence-corrected chi connectivity index (χ2v) is 0.512. The summed E-state index contributed by atoms with van der Waals surface area (Å²) in [7, 11) is 0. The van der Waals surface area contributed by atoms with Gasteiger partial charge in [-0.05, 0) is 0 Å². The number of hydrogen-bond acceptors (Lipinski definition) is 2. The molecule has 0 spiro atoms. The van der Waals surface area contributed by atoms with Crippen molar-refractivity contribution in [2.24, 2.45) is 5.73 Å². The molecule has 0 aliphatic carbocycles. The maximum Gasteiger partial charge on any atom is 0.0553 e. The molecule has 0 radical (unpaired) electrons. The Hall–Kier alpha value is -0.280. The van der Waals surface area contributed by atoms with Crippen LogP contribution < -0.4 is 5.73 Å². The molecule has 0 aromatic heterocycles. The van der Waals surface area contributed by atoms with Crippen molar-refractivity contribution in [2.75, 3.05) is 13.2 Å². The highest BCUT2D eigenvalue weighted by atomic mass is 16.3. The molecule has 0 heterocycles. The van der Waals surface area contributed by atoms with E-state index in [0.717, 1.165) is 0 Å². The monoisotopic (exact) mass is 151 g/mol. The van der Waals surface area contributed by atoms with Crippen LogP contribution in [0, 0.1) is 0 Å². The van der Waals surface area contributed by atoms with Gasteiger partial charge in [-0.15, -0.1) is 0 Å². The van der Waals surface area contributed by atoms with Crippen LogP contribution in [0.4, 0.5) is 0 Å². The molecule has 0 fully saturated rings. The summed E-state index contributed by atoms with van der Waals surface area (Å²) >= 11 is 0. The van der Waals surface area contributed by atoms with Crippen molar-refractivity contribution in [3.63, 3.8) is 0 Å². The van der Waals surface area contributed by atoms with Gasteiger partial charge in [-0.3, -0.25) is 0 Å². The van der Waals surface area contributed by atoms with Gasteiger partial charge in [0, 0.05) is 6.54 Å². The van der Waals surface area contributed by atoms with Gasteiger partial charge in [0.05, 0.1) is 6.61 Å². The first-order chi connectivity index (χ1) is 1.91. The van der Waals surface area contributed by atoms with Crippen LogP contribution in [0.25, 0.3) is 0 Å². The van der Waals surface area contributed by atoms with Crippen molar-refractivity contribution in [1.29, 1.82) is 0 Å². The Labute approximate surface area is 52.6 Å². The third kappa shape index (κ3) is 487. The van der Waals surface area contributed by atoms with E-state index >= 15 is 0 Å². The van der Waals surface area contributed by atoms with Crippen LogP contribution >= 0.6 is 0 Å². The molecule has 13 N–H and O–H groups in total. The predicted molar refractivity (Wildman–Crippen MR) is 34.2 cm³/mol. The Kier molecular flexibility index (Phi) is 920. The quantitative estimate of drug-likeness (QED) is 0.377.